The Balaban J connectivity index is 0.00000196. The summed E-state index contributed by atoms with van der Waals surface area (Å²) in [7, 11) is 0. The van der Waals surface area contributed by atoms with Crippen LogP contribution >= 0.6 is 12.4 Å². The molecule has 2 N–H and O–H groups in total. The van der Waals surface area contributed by atoms with E-state index >= 15 is 0 Å². The normalized spacial score (nSPS) is 17.5. The number of nitrogens with zero attached hydrogens (tertiary/aromatic N) is 2. The Bertz CT molecular complexity index is 721. The molecule has 0 spiro atoms. The topological polar surface area (TPSA) is 59.0 Å². The van der Waals surface area contributed by atoms with Gasteiger partial charge in [0.05, 0.1) is 11.4 Å². The van der Waals surface area contributed by atoms with Gasteiger partial charge in [0.2, 0.25) is 5.91 Å². The molecule has 1 aliphatic heterocycles. The zero-order valence-corrected chi connectivity index (χ0v) is 15.8. The minimum absolute atomic E-state index is 0. The van der Waals surface area contributed by atoms with Crippen LogP contribution in [0.2, 0.25) is 0 Å². The molecule has 26 heavy (non-hydrogen) atoms. The molecule has 6 heteroatoms. The lowest BCUT2D eigenvalue weighted by atomic mass is 9.93. The van der Waals surface area contributed by atoms with Crippen LogP contribution in [0.15, 0.2) is 36.4 Å². The third-order valence-electron chi connectivity index (χ3n) is 5.23. The molecule has 140 valence electrons. The van der Waals surface area contributed by atoms with Crippen LogP contribution in [0, 0.1) is 5.92 Å². The van der Waals surface area contributed by atoms with Crippen LogP contribution in [0.4, 0.5) is 5.82 Å². The van der Waals surface area contributed by atoms with Crippen molar-refractivity contribution in [2.45, 2.75) is 44.4 Å². The van der Waals surface area contributed by atoms with Crippen LogP contribution in [-0.2, 0) is 4.79 Å². The molecule has 2 heterocycles. The maximum atomic E-state index is 12.5. The largest absolute Gasteiger partial charge is 0.317 e. The van der Waals surface area contributed by atoms with E-state index in [0.29, 0.717) is 18.3 Å². The Morgan fingerprint density at radius 3 is 2.58 bits per heavy atom. The van der Waals surface area contributed by atoms with Crippen LogP contribution in [0.25, 0.3) is 5.69 Å². The number of hydrogen-bond acceptors (Lipinski definition) is 3. The molecule has 1 saturated heterocycles. The maximum absolute atomic E-state index is 12.5. The fourth-order valence-corrected chi connectivity index (χ4v) is 3.54. The van der Waals surface area contributed by atoms with Gasteiger partial charge in [0, 0.05) is 18.4 Å². The highest BCUT2D eigenvalue weighted by Crippen LogP contribution is 2.40. The van der Waals surface area contributed by atoms with Gasteiger partial charge in [0.15, 0.2) is 0 Å². The zero-order valence-electron chi connectivity index (χ0n) is 15.0. The van der Waals surface area contributed by atoms with Crippen molar-refractivity contribution < 1.29 is 4.79 Å². The number of anilines is 1. The number of hydrogen-bond donors (Lipinski definition) is 2. The second kappa shape index (κ2) is 8.69. The molecule has 0 bridgehead atoms. The molecule has 0 atom stereocenters. The predicted molar refractivity (Wildman–Crippen MR) is 106 cm³/mol. The summed E-state index contributed by atoms with van der Waals surface area (Å²) in [5.41, 5.74) is 2.08. The smallest absolute Gasteiger partial charge is 0.225 e. The molecule has 1 aliphatic carbocycles. The van der Waals surface area contributed by atoms with Gasteiger partial charge in [0.1, 0.15) is 5.82 Å². The summed E-state index contributed by atoms with van der Waals surface area (Å²) >= 11 is 0. The Hall–Kier alpha value is -1.85. The molecule has 2 aliphatic rings. The fraction of sp³-hybridized carbons (Fsp3) is 0.500. The lowest BCUT2D eigenvalue weighted by molar-refractivity contribution is -0.116. The number of amides is 1. The molecule has 0 radical (unpaired) electrons. The van der Waals surface area contributed by atoms with E-state index in [9.17, 15) is 4.79 Å². The van der Waals surface area contributed by atoms with Gasteiger partial charge < -0.3 is 10.6 Å². The van der Waals surface area contributed by atoms with Gasteiger partial charge in [-0.25, -0.2) is 4.68 Å². The van der Waals surface area contributed by atoms with Gasteiger partial charge >= 0.3 is 0 Å². The summed E-state index contributed by atoms with van der Waals surface area (Å²) in [6, 6.07) is 12.1. The Labute approximate surface area is 161 Å². The Morgan fingerprint density at radius 1 is 1.15 bits per heavy atom. The summed E-state index contributed by atoms with van der Waals surface area (Å²) < 4.78 is 1.87. The number of aromatic nitrogens is 2. The standard InChI is InChI=1S/C20H26N4O.ClH/c25-20(9-6-15-10-12-21-13-11-15)22-19-14-18(16-7-8-16)23-24(19)17-4-2-1-3-5-17;/h1-5,14-16,21H,6-13H2,(H,22,25);1H. The van der Waals surface area contributed by atoms with Crippen LogP contribution in [0.1, 0.15) is 50.1 Å². The molecule has 2 fully saturated rings. The maximum Gasteiger partial charge on any atom is 0.225 e. The van der Waals surface area contributed by atoms with Crippen LogP contribution < -0.4 is 10.6 Å². The summed E-state index contributed by atoms with van der Waals surface area (Å²) in [4.78, 5) is 12.5. The minimum atomic E-state index is 0. The average molecular weight is 375 g/mol. The van der Waals surface area contributed by atoms with E-state index in [1.165, 1.54) is 25.7 Å². The van der Waals surface area contributed by atoms with Crippen molar-refractivity contribution in [2.24, 2.45) is 5.92 Å². The predicted octanol–water partition coefficient (Wildman–Crippen LogP) is 3.89. The first-order valence-corrected chi connectivity index (χ1v) is 9.45. The second-order valence-electron chi connectivity index (χ2n) is 7.26. The van der Waals surface area contributed by atoms with Gasteiger partial charge in [0.25, 0.3) is 0 Å². The van der Waals surface area contributed by atoms with Crippen molar-refractivity contribution >= 4 is 24.1 Å². The molecule has 0 unspecified atom stereocenters. The van der Waals surface area contributed by atoms with Crippen LogP contribution in [0.3, 0.4) is 0 Å². The van der Waals surface area contributed by atoms with Gasteiger partial charge in [-0.1, -0.05) is 18.2 Å². The third-order valence-corrected chi connectivity index (χ3v) is 5.23. The van der Waals surface area contributed by atoms with E-state index in [1.54, 1.807) is 0 Å². The number of piperidine rings is 1. The molecule has 1 amide bonds. The van der Waals surface area contributed by atoms with Crippen LogP contribution in [-0.4, -0.2) is 28.8 Å². The number of carbonyl (C=O) groups is 1. The monoisotopic (exact) mass is 374 g/mol. The van der Waals surface area contributed by atoms with Crippen molar-refractivity contribution in [3.63, 3.8) is 0 Å². The lowest BCUT2D eigenvalue weighted by Gasteiger charge is -2.22. The van der Waals surface area contributed by atoms with Crippen molar-refractivity contribution in [2.75, 3.05) is 18.4 Å². The summed E-state index contributed by atoms with van der Waals surface area (Å²) in [6.45, 7) is 2.16. The number of nitrogens with one attached hydrogen (secondary N) is 2. The lowest BCUT2D eigenvalue weighted by Crippen LogP contribution is -2.28. The molecule has 4 rings (SSSR count). The molecule has 1 aromatic heterocycles. The SMILES string of the molecule is Cl.O=C(CCC1CCNCC1)Nc1cc(C2CC2)nn1-c1ccccc1. The molecule has 1 aromatic carbocycles. The number of rotatable bonds is 6. The summed E-state index contributed by atoms with van der Waals surface area (Å²) in [5, 5.41) is 11.2. The van der Waals surface area contributed by atoms with Crippen molar-refractivity contribution in [1.29, 1.82) is 0 Å². The summed E-state index contributed by atoms with van der Waals surface area (Å²) in [6.07, 6.45) is 6.33. The Morgan fingerprint density at radius 2 is 1.88 bits per heavy atom. The van der Waals surface area contributed by atoms with Crippen molar-refractivity contribution in [1.82, 2.24) is 15.1 Å². The quantitative estimate of drug-likeness (QED) is 0.806. The molecule has 1 saturated carbocycles. The van der Waals surface area contributed by atoms with E-state index in [0.717, 1.165) is 36.7 Å². The third kappa shape index (κ3) is 4.65. The van der Waals surface area contributed by atoms with Crippen molar-refractivity contribution in [3.8, 4) is 5.69 Å². The van der Waals surface area contributed by atoms with E-state index in [2.05, 4.69) is 10.6 Å². The highest BCUT2D eigenvalue weighted by molar-refractivity contribution is 5.90. The van der Waals surface area contributed by atoms with Gasteiger partial charge in [-0.3, -0.25) is 4.79 Å². The van der Waals surface area contributed by atoms with Gasteiger partial charge in [-0.15, -0.1) is 12.4 Å². The molecule has 2 aromatic rings. The zero-order chi connectivity index (χ0) is 17.1. The van der Waals surface area contributed by atoms with Crippen LogP contribution in [0.5, 0.6) is 0 Å². The minimum Gasteiger partial charge on any atom is -0.317 e. The van der Waals surface area contributed by atoms with Gasteiger partial charge in [-0.05, 0) is 63.2 Å². The van der Waals surface area contributed by atoms with E-state index in [1.807, 2.05) is 41.1 Å². The molecular weight excluding hydrogens is 348 g/mol. The summed E-state index contributed by atoms with van der Waals surface area (Å²) in [5.74, 6) is 2.13. The number of para-hydroxylation sites is 1. The number of halogens is 1. The first-order chi connectivity index (χ1) is 12.3. The fourth-order valence-electron chi connectivity index (χ4n) is 3.54. The second-order valence-corrected chi connectivity index (χ2v) is 7.26. The van der Waals surface area contributed by atoms with Crippen molar-refractivity contribution in [3.05, 3.63) is 42.1 Å². The number of carbonyl (C=O) groups excluding carboxylic acids is 1. The van der Waals surface area contributed by atoms with Gasteiger partial charge in [-0.2, -0.15) is 5.10 Å². The average Bonchev–Trinajstić information content (AvgIpc) is 3.43. The first-order valence-electron chi connectivity index (χ1n) is 9.45. The van der Waals surface area contributed by atoms with E-state index in [-0.39, 0.29) is 18.3 Å². The van der Waals surface area contributed by atoms with E-state index < -0.39 is 0 Å². The highest BCUT2D eigenvalue weighted by atomic mass is 35.5. The highest BCUT2D eigenvalue weighted by Gasteiger charge is 2.28. The first kappa shape index (κ1) is 18.9. The number of benzene rings is 1. The van der Waals surface area contributed by atoms with E-state index in [4.69, 9.17) is 5.10 Å². The molecule has 5 nitrogen and oxygen atoms in total. The molecular formula is C20H27ClN4O. The Kier molecular flexibility index (Phi) is 6.33.